The molecular formula is C21H17F5N6O2. The zero-order valence-electron chi connectivity index (χ0n) is 17.5. The second kappa shape index (κ2) is 8.48. The van der Waals surface area contributed by atoms with Crippen molar-refractivity contribution in [2.45, 2.75) is 31.3 Å². The van der Waals surface area contributed by atoms with Crippen LogP contribution < -0.4 is 5.69 Å². The molecule has 0 aliphatic rings. The molecule has 0 unspecified atom stereocenters. The van der Waals surface area contributed by atoms with Crippen LogP contribution in [0.25, 0.3) is 5.69 Å². The van der Waals surface area contributed by atoms with Gasteiger partial charge in [-0.2, -0.15) is 23.4 Å². The van der Waals surface area contributed by atoms with Gasteiger partial charge >= 0.3 is 11.9 Å². The first-order valence-electron chi connectivity index (χ1n) is 9.85. The molecule has 34 heavy (non-hydrogen) atoms. The van der Waals surface area contributed by atoms with Gasteiger partial charge in [0.15, 0.2) is 0 Å². The zero-order valence-corrected chi connectivity index (χ0v) is 17.5. The topological polar surface area (TPSA) is 90.8 Å². The first-order chi connectivity index (χ1) is 16.0. The van der Waals surface area contributed by atoms with Crippen LogP contribution in [0.1, 0.15) is 24.1 Å². The lowest BCUT2D eigenvalue weighted by Crippen LogP contribution is -2.44. The van der Waals surface area contributed by atoms with E-state index in [0.717, 1.165) is 52.0 Å². The van der Waals surface area contributed by atoms with Crippen molar-refractivity contribution in [3.05, 3.63) is 94.7 Å². The van der Waals surface area contributed by atoms with Crippen LogP contribution in [0, 0.1) is 11.6 Å². The van der Waals surface area contributed by atoms with Crippen LogP contribution in [-0.2, 0) is 18.3 Å². The standard InChI is InChI=1S/C21H17F5N6O2/c1-13(20(34,9-30-11-27-10-28-30)17-7-4-15(22)8-18(17)23)32-19(33)31(12-29-32)16-5-2-14(3-6-16)21(24,25)26/h2-8,10-13,34H,9H2,1H3/t13-,20-/m1/s1. The zero-order chi connectivity index (χ0) is 24.7. The molecule has 0 fully saturated rings. The van der Waals surface area contributed by atoms with Crippen LogP contribution in [0.15, 0.2) is 66.2 Å². The second-order valence-electron chi connectivity index (χ2n) is 7.59. The Morgan fingerprint density at radius 3 is 2.32 bits per heavy atom. The van der Waals surface area contributed by atoms with Gasteiger partial charge in [-0.3, -0.25) is 0 Å². The lowest BCUT2D eigenvalue weighted by atomic mass is 9.86. The molecule has 0 saturated carbocycles. The van der Waals surface area contributed by atoms with Gasteiger partial charge in [-0.15, -0.1) is 0 Å². The second-order valence-corrected chi connectivity index (χ2v) is 7.59. The van der Waals surface area contributed by atoms with E-state index in [1.54, 1.807) is 0 Å². The third kappa shape index (κ3) is 4.21. The summed E-state index contributed by atoms with van der Waals surface area (Å²) in [5, 5.41) is 19.5. The number of benzene rings is 2. The van der Waals surface area contributed by atoms with Gasteiger partial charge in [-0.1, -0.05) is 6.07 Å². The molecule has 178 valence electrons. The number of hydrogen-bond donors (Lipinski definition) is 1. The smallest absolute Gasteiger partial charge is 0.381 e. The SMILES string of the molecule is C[C@@H](n1ncn(-c2ccc(C(F)(F)F)cc2)c1=O)[C@](O)(Cn1cncn1)c1ccc(F)cc1F. The Bertz CT molecular complexity index is 1350. The number of nitrogens with zero attached hydrogens (tertiary/aromatic N) is 6. The average molecular weight is 480 g/mol. The van der Waals surface area contributed by atoms with Gasteiger partial charge in [0.1, 0.15) is 36.2 Å². The maximum absolute atomic E-state index is 14.7. The Morgan fingerprint density at radius 1 is 1.03 bits per heavy atom. The monoisotopic (exact) mass is 480 g/mol. The molecule has 0 radical (unpaired) electrons. The first-order valence-corrected chi connectivity index (χ1v) is 9.85. The predicted octanol–water partition coefficient (Wildman–Crippen LogP) is 3.07. The number of halogens is 5. The first kappa shape index (κ1) is 23.3. The minimum absolute atomic E-state index is 0.101. The molecule has 2 heterocycles. The van der Waals surface area contributed by atoms with Crippen molar-refractivity contribution in [2.75, 3.05) is 0 Å². The lowest BCUT2D eigenvalue weighted by molar-refractivity contribution is -0.137. The Hall–Kier alpha value is -3.87. The molecule has 0 aliphatic heterocycles. The summed E-state index contributed by atoms with van der Waals surface area (Å²) < 4.78 is 69.8. The van der Waals surface area contributed by atoms with Gasteiger partial charge in [-0.25, -0.2) is 32.5 Å². The lowest BCUT2D eigenvalue weighted by Gasteiger charge is -2.34. The molecule has 0 spiro atoms. The maximum atomic E-state index is 14.7. The van der Waals surface area contributed by atoms with Crippen LogP contribution in [0.2, 0.25) is 0 Å². The van der Waals surface area contributed by atoms with Gasteiger partial charge in [0, 0.05) is 11.6 Å². The summed E-state index contributed by atoms with van der Waals surface area (Å²) in [4.78, 5) is 16.8. The van der Waals surface area contributed by atoms with E-state index >= 15 is 0 Å². The van der Waals surface area contributed by atoms with Crippen molar-refractivity contribution in [1.82, 2.24) is 29.1 Å². The summed E-state index contributed by atoms with van der Waals surface area (Å²) in [5.41, 5.74) is -4.04. The minimum Gasteiger partial charge on any atom is -0.381 e. The van der Waals surface area contributed by atoms with Crippen molar-refractivity contribution < 1.29 is 27.1 Å². The van der Waals surface area contributed by atoms with Gasteiger partial charge < -0.3 is 5.11 Å². The van der Waals surface area contributed by atoms with E-state index in [1.807, 2.05) is 0 Å². The van der Waals surface area contributed by atoms with E-state index in [9.17, 15) is 31.9 Å². The van der Waals surface area contributed by atoms with Crippen molar-refractivity contribution in [1.29, 1.82) is 0 Å². The normalized spacial score (nSPS) is 14.7. The summed E-state index contributed by atoms with van der Waals surface area (Å²) in [7, 11) is 0. The molecule has 13 heteroatoms. The number of hydrogen-bond acceptors (Lipinski definition) is 5. The van der Waals surface area contributed by atoms with E-state index in [2.05, 4.69) is 15.2 Å². The highest BCUT2D eigenvalue weighted by atomic mass is 19.4. The Kier molecular flexibility index (Phi) is 5.81. The van der Waals surface area contributed by atoms with E-state index in [1.165, 1.54) is 24.3 Å². The molecular weight excluding hydrogens is 463 g/mol. The van der Waals surface area contributed by atoms with Crippen molar-refractivity contribution in [3.8, 4) is 5.69 Å². The third-order valence-corrected chi connectivity index (χ3v) is 5.49. The highest BCUT2D eigenvalue weighted by Crippen LogP contribution is 2.36. The molecule has 8 nitrogen and oxygen atoms in total. The fourth-order valence-electron chi connectivity index (χ4n) is 3.62. The molecule has 4 rings (SSSR count). The number of alkyl halides is 3. The van der Waals surface area contributed by atoms with Crippen molar-refractivity contribution >= 4 is 0 Å². The van der Waals surface area contributed by atoms with Gasteiger partial charge in [0.2, 0.25) is 0 Å². The summed E-state index contributed by atoms with van der Waals surface area (Å²) >= 11 is 0. The van der Waals surface area contributed by atoms with Crippen LogP contribution >= 0.6 is 0 Å². The van der Waals surface area contributed by atoms with E-state index < -0.39 is 40.7 Å². The average Bonchev–Trinajstić information content (AvgIpc) is 3.42. The summed E-state index contributed by atoms with van der Waals surface area (Å²) in [6, 6.07) is 5.22. The molecule has 2 aromatic carbocycles. The van der Waals surface area contributed by atoms with Crippen LogP contribution in [0.5, 0.6) is 0 Å². The fourth-order valence-corrected chi connectivity index (χ4v) is 3.62. The Balaban J connectivity index is 1.76. The Labute approximate surface area is 188 Å². The maximum Gasteiger partial charge on any atom is 0.416 e. The molecule has 2 atom stereocenters. The molecule has 2 aromatic heterocycles. The van der Waals surface area contributed by atoms with E-state index in [0.29, 0.717) is 6.07 Å². The molecule has 1 N–H and O–H groups in total. The van der Waals surface area contributed by atoms with E-state index in [4.69, 9.17) is 0 Å². The molecule has 0 amide bonds. The van der Waals surface area contributed by atoms with Gasteiger partial charge in [0.25, 0.3) is 0 Å². The van der Waals surface area contributed by atoms with Gasteiger partial charge in [-0.05, 0) is 37.3 Å². The van der Waals surface area contributed by atoms with Crippen LogP contribution in [-0.4, -0.2) is 34.2 Å². The van der Waals surface area contributed by atoms with Crippen molar-refractivity contribution in [2.24, 2.45) is 0 Å². The van der Waals surface area contributed by atoms with Crippen LogP contribution in [0.3, 0.4) is 0 Å². The molecule has 0 bridgehead atoms. The Morgan fingerprint density at radius 2 is 1.74 bits per heavy atom. The largest absolute Gasteiger partial charge is 0.416 e. The van der Waals surface area contributed by atoms with E-state index in [-0.39, 0.29) is 17.8 Å². The quantitative estimate of drug-likeness (QED) is 0.429. The molecule has 0 aliphatic carbocycles. The molecule has 4 aromatic rings. The summed E-state index contributed by atoms with van der Waals surface area (Å²) in [5.74, 6) is -1.91. The number of aromatic nitrogens is 6. The van der Waals surface area contributed by atoms with Crippen LogP contribution in [0.4, 0.5) is 22.0 Å². The highest BCUT2D eigenvalue weighted by molar-refractivity contribution is 5.35. The highest BCUT2D eigenvalue weighted by Gasteiger charge is 2.42. The summed E-state index contributed by atoms with van der Waals surface area (Å²) in [6.45, 7) is 1.03. The van der Waals surface area contributed by atoms with Crippen molar-refractivity contribution in [3.63, 3.8) is 0 Å². The predicted molar refractivity (Wildman–Crippen MR) is 108 cm³/mol. The molecule has 0 saturated heterocycles. The number of aliphatic hydroxyl groups is 1. The van der Waals surface area contributed by atoms with Gasteiger partial charge in [0.05, 0.1) is 23.8 Å². The summed E-state index contributed by atoms with van der Waals surface area (Å²) in [6.07, 6.45) is -1.02. The third-order valence-electron chi connectivity index (χ3n) is 5.49. The fraction of sp³-hybridized carbons (Fsp3) is 0.238. The minimum atomic E-state index is -4.54. The number of rotatable bonds is 6.